The Bertz CT molecular complexity index is 459. The van der Waals surface area contributed by atoms with Crippen molar-refractivity contribution in [2.24, 2.45) is 0 Å². The van der Waals surface area contributed by atoms with Gasteiger partial charge in [-0.05, 0) is 19.4 Å². The Morgan fingerprint density at radius 2 is 2.26 bits per heavy atom. The summed E-state index contributed by atoms with van der Waals surface area (Å²) in [5.41, 5.74) is -0.421. The number of para-hydroxylation sites is 1. The van der Waals surface area contributed by atoms with Crippen LogP contribution in [0.3, 0.4) is 0 Å². The van der Waals surface area contributed by atoms with Gasteiger partial charge in [0.2, 0.25) is 5.91 Å². The van der Waals surface area contributed by atoms with E-state index >= 15 is 0 Å². The lowest BCUT2D eigenvalue weighted by Gasteiger charge is -2.27. The number of carbonyl (C=O) groups is 1. The second-order valence-electron chi connectivity index (χ2n) is 5.10. The number of aliphatic hydroxyl groups excluding tert-OH is 1. The van der Waals surface area contributed by atoms with Crippen LogP contribution in [-0.4, -0.2) is 41.5 Å². The summed E-state index contributed by atoms with van der Waals surface area (Å²) in [6.07, 6.45) is 0.615. The zero-order chi connectivity index (χ0) is 13.9. The molecule has 1 aromatic carbocycles. The van der Waals surface area contributed by atoms with Crippen LogP contribution in [0.5, 0.6) is 5.75 Å². The number of hydrogen-bond donors (Lipinski definition) is 3. The summed E-state index contributed by atoms with van der Waals surface area (Å²) >= 11 is 0. The van der Waals surface area contributed by atoms with Gasteiger partial charge in [0.05, 0.1) is 19.1 Å². The number of ether oxygens (including phenoxy) is 1. The van der Waals surface area contributed by atoms with Gasteiger partial charge in [0.15, 0.2) is 0 Å². The van der Waals surface area contributed by atoms with E-state index in [-0.39, 0.29) is 18.4 Å². The number of rotatable bonds is 4. The molecule has 0 saturated heterocycles. The second-order valence-corrected chi connectivity index (χ2v) is 5.10. The largest absolute Gasteiger partial charge is 0.493 e. The van der Waals surface area contributed by atoms with Crippen molar-refractivity contribution in [3.05, 3.63) is 29.8 Å². The number of fused-ring (bicyclic) bond motifs is 1. The van der Waals surface area contributed by atoms with Gasteiger partial charge in [-0.15, -0.1) is 0 Å². The SMILES string of the molecule is CC(O)(CO)CNC(=O)C1CCOc2ccccc21. The molecule has 0 aliphatic carbocycles. The molecule has 1 aliphatic rings. The number of benzene rings is 1. The Kier molecular flexibility index (Phi) is 4.07. The molecule has 2 atom stereocenters. The van der Waals surface area contributed by atoms with Gasteiger partial charge in [-0.3, -0.25) is 4.79 Å². The molecule has 0 saturated carbocycles. The van der Waals surface area contributed by atoms with Gasteiger partial charge in [-0.25, -0.2) is 0 Å². The standard InChI is InChI=1S/C14H19NO4/c1-14(18,9-16)8-15-13(17)11-6-7-19-12-5-3-2-4-10(11)12/h2-5,11,16,18H,6-9H2,1H3,(H,15,17). The van der Waals surface area contributed by atoms with Gasteiger partial charge in [0.1, 0.15) is 11.4 Å². The lowest BCUT2D eigenvalue weighted by Crippen LogP contribution is -2.45. The zero-order valence-electron chi connectivity index (χ0n) is 10.9. The molecule has 3 N–H and O–H groups in total. The minimum absolute atomic E-state index is 0.0296. The lowest BCUT2D eigenvalue weighted by atomic mass is 9.92. The summed E-state index contributed by atoms with van der Waals surface area (Å²) in [6, 6.07) is 7.47. The van der Waals surface area contributed by atoms with Gasteiger partial charge in [0.25, 0.3) is 0 Å². The summed E-state index contributed by atoms with van der Waals surface area (Å²) in [7, 11) is 0. The maximum absolute atomic E-state index is 12.2. The number of amides is 1. The van der Waals surface area contributed by atoms with E-state index in [4.69, 9.17) is 9.84 Å². The first kappa shape index (κ1) is 13.8. The predicted molar refractivity (Wildman–Crippen MR) is 70.0 cm³/mol. The minimum Gasteiger partial charge on any atom is -0.493 e. The molecule has 0 spiro atoms. The first-order valence-electron chi connectivity index (χ1n) is 6.36. The first-order valence-corrected chi connectivity index (χ1v) is 6.36. The Morgan fingerprint density at radius 3 is 3.00 bits per heavy atom. The molecule has 1 heterocycles. The van der Waals surface area contributed by atoms with E-state index in [9.17, 15) is 9.90 Å². The lowest BCUT2D eigenvalue weighted by molar-refractivity contribution is -0.124. The molecule has 0 aromatic heterocycles. The van der Waals surface area contributed by atoms with Gasteiger partial charge in [0, 0.05) is 12.1 Å². The molecule has 1 aliphatic heterocycles. The van der Waals surface area contributed by atoms with Gasteiger partial charge in [-0.1, -0.05) is 18.2 Å². The monoisotopic (exact) mass is 265 g/mol. The Labute approximate surface area is 112 Å². The molecule has 2 unspecified atom stereocenters. The molecular weight excluding hydrogens is 246 g/mol. The van der Waals surface area contributed by atoms with Crippen LogP contribution in [0.15, 0.2) is 24.3 Å². The number of aliphatic hydroxyl groups is 2. The van der Waals surface area contributed by atoms with Crippen molar-refractivity contribution in [3.63, 3.8) is 0 Å². The van der Waals surface area contributed by atoms with Crippen LogP contribution in [0.25, 0.3) is 0 Å². The first-order chi connectivity index (χ1) is 9.03. The fourth-order valence-electron chi connectivity index (χ4n) is 2.07. The van der Waals surface area contributed by atoms with Crippen LogP contribution in [-0.2, 0) is 4.79 Å². The van der Waals surface area contributed by atoms with Crippen molar-refractivity contribution in [1.82, 2.24) is 5.32 Å². The van der Waals surface area contributed by atoms with Crippen molar-refractivity contribution in [2.45, 2.75) is 24.9 Å². The maximum atomic E-state index is 12.2. The molecule has 0 bridgehead atoms. The van der Waals surface area contributed by atoms with Gasteiger partial charge >= 0.3 is 0 Å². The molecule has 0 radical (unpaired) electrons. The quantitative estimate of drug-likeness (QED) is 0.737. The molecule has 1 amide bonds. The summed E-state index contributed by atoms with van der Waals surface area (Å²) < 4.78 is 5.50. The van der Waals surface area contributed by atoms with E-state index in [2.05, 4.69) is 5.32 Å². The van der Waals surface area contributed by atoms with Crippen LogP contribution in [0.1, 0.15) is 24.8 Å². The smallest absolute Gasteiger partial charge is 0.227 e. The molecule has 1 aromatic rings. The highest BCUT2D eigenvalue weighted by atomic mass is 16.5. The normalized spacial score (nSPS) is 20.9. The summed E-state index contributed by atoms with van der Waals surface area (Å²) in [6.45, 7) is 1.62. The third kappa shape index (κ3) is 3.24. The van der Waals surface area contributed by atoms with Crippen molar-refractivity contribution >= 4 is 5.91 Å². The third-order valence-electron chi connectivity index (χ3n) is 3.26. The molecule has 5 heteroatoms. The van der Waals surface area contributed by atoms with Crippen molar-refractivity contribution < 1.29 is 19.7 Å². The highest BCUT2D eigenvalue weighted by molar-refractivity contribution is 5.84. The van der Waals surface area contributed by atoms with E-state index in [0.29, 0.717) is 13.0 Å². The Balaban J connectivity index is 2.05. The maximum Gasteiger partial charge on any atom is 0.227 e. The molecular formula is C14H19NO4. The molecule has 19 heavy (non-hydrogen) atoms. The Morgan fingerprint density at radius 1 is 1.53 bits per heavy atom. The molecule has 104 valence electrons. The van der Waals surface area contributed by atoms with E-state index in [0.717, 1.165) is 11.3 Å². The summed E-state index contributed by atoms with van der Waals surface area (Å²) in [5, 5.41) is 21.3. The zero-order valence-corrected chi connectivity index (χ0v) is 10.9. The molecule has 5 nitrogen and oxygen atoms in total. The highest BCUT2D eigenvalue weighted by Gasteiger charge is 2.29. The average molecular weight is 265 g/mol. The predicted octanol–water partition coefficient (Wildman–Crippen LogP) is 0.412. The van der Waals surface area contributed by atoms with E-state index in [1.54, 1.807) is 0 Å². The van der Waals surface area contributed by atoms with Crippen molar-refractivity contribution in [1.29, 1.82) is 0 Å². The van der Waals surface area contributed by atoms with Crippen molar-refractivity contribution in [2.75, 3.05) is 19.8 Å². The molecule has 0 fully saturated rings. The van der Waals surface area contributed by atoms with Gasteiger partial charge in [-0.2, -0.15) is 0 Å². The second kappa shape index (κ2) is 5.59. The van der Waals surface area contributed by atoms with Crippen molar-refractivity contribution in [3.8, 4) is 5.75 Å². The van der Waals surface area contributed by atoms with E-state index in [1.165, 1.54) is 6.92 Å². The van der Waals surface area contributed by atoms with Crippen LogP contribution in [0, 0.1) is 0 Å². The van der Waals surface area contributed by atoms with Crippen LogP contribution >= 0.6 is 0 Å². The minimum atomic E-state index is -1.29. The van der Waals surface area contributed by atoms with E-state index in [1.807, 2.05) is 24.3 Å². The fourth-order valence-corrected chi connectivity index (χ4v) is 2.07. The van der Waals surface area contributed by atoms with E-state index < -0.39 is 12.2 Å². The van der Waals surface area contributed by atoms with Crippen LogP contribution in [0.4, 0.5) is 0 Å². The molecule has 2 rings (SSSR count). The fraction of sp³-hybridized carbons (Fsp3) is 0.500. The van der Waals surface area contributed by atoms with Crippen LogP contribution < -0.4 is 10.1 Å². The highest BCUT2D eigenvalue weighted by Crippen LogP contribution is 2.33. The summed E-state index contributed by atoms with van der Waals surface area (Å²) in [5.74, 6) is 0.326. The number of hydrogen-bond acceptors (Lipinski definition) is 4. The Hall–Kier alpha value is -1.59. The average Bonchev–Trinajstić information content (AvgIpc) is 2.44. The topological polar surface area (TPSA) is 78.8 Å². The third-order valence-corrected chi connectivity index (χ3v) is 3.26. The number of carbonyl (C=O) groups excluding carboxylic acids is 1. The summed E-state index contributed by atoms with van der Waals surface area (Å²) in [4.78, 5) is 12.2. The van der Waals surface area contributed by atoms with Gasteiger partial charge < -0.3 is 20.3 Å². The van der Waals surface area contributed by atoms with Crippen LogP contribution in [0.2, 0.25) is 0 Å². The number of nitrogens with one attached hydrogen (secondary N) is 1.